The largest absolute Gasteiger partial charge is 0.394 e. The van der Waals surface area contributed by atoms with Crippen LogP contribution in [-0.4, -0.2) is 49.9 Å². The number of aliphatic hydroxyl groups excluding tert-OH is 3. The number of hydrogen-bond acceptors (Lipinski definition) is 7. The fourth-order valence-electron chi connectivity index (χ4n) is 1.10. The Hall–Kier alpha value is 0.640. The van der Waals surface area contributed by atoms with Crippen LogP contribution in [0.15, 0.2) is 0 Å². The highest BCUT2D eigenvalue weighted by Crippen LogP contribution is 2.23. The maximum atomic E-state index is 11.2. The van der Waals surface area contributed by atoms with Crippen molar-refractivity contribution in [3.05, 3.63) is 0 Å². The van der Waals surface area contributed by atoms with Gasteiger partial charge >= 0.3 is 0 Å². The summed E-state index contributed by atoms with van der Waals surface area (Å²) in [7, 11) is 0. The van der Waals surface area contributed by atoms with Crippen molar-refractivity contribution in [3.8, 4) is 0 Å². The summed E-state index contributed by atoms with van der Waals surface area (Å²) >= 11 is -0.329. The SMILES string of the molecule is O=S(ONI)C1O[C@H](CO)[C@H](O)C1O. The Morgan fingerprint density at radius 3 is 2.57 bits per heavy atom. The van der Waals surface area contributed by atoms with E-state index in [1.165, 1.54) is 0 Å². The molecule has 1 aliphatic heterocycles. The van der Waals surface area contributed by atoms with E-state index >= 15 is 0 Å². The first-order valence-electron chi connectivity index (χ1n) is 3.67. The summed E-state index contributed by atoms with van der Waals surface area (Å²) < 4.78 is 22.8. The van der Waals surface area contributed by atoms with Crippen LogP contribution in [0.5, 0.6) is 0 Å². The Balaban J connectivity index is 2.60. The van der Waals surface area contributed by atoms with Crippen LogP contribution in [0.25, 0.3) is 0 Å². The Kier molecular flexibility index (Phi) is 5.13. The summed E-state index contributed by atoms with van der Waals surface area (Å²) in [5.41, 5.74) is -1.16. The Morgan fingerprint density at radius 2 is 2.14 bits per heavy atom. The molecule has 1 heterocycles. The first kappa shape index (κ1) is 12.7. The van der Waals surface area contributed by atoms with Crippen molar-refractivity contribution in [3.63, 3.8) is 0 Å². The van der Waals surface area contributed by atoms with Crippen molar-refractivity contribution in [2.24, 2.45) is 0 Å². The molecule has 0 aromatic carbocycles. The fraction of sp³-hybridized carbons (Fsp3) is 1.00. The van der Waals surface area contributed by atoms with E-state index in [1.807, 2.05) is 0 Å². The van der Waals surface area contributed by atoms with E-state index in [9.17, 15) is 14.4 Å². The maximum Gasteiger partial charge on any atom is 0.206 e. The molecule has 9 heteroatoms. The van der Waals surface area contributed by atoms with Gasteiger partial charge in [-0.05, 0) is 0 Å². The average molecular weight is 339 g/mol. The second-order valence-corrected chi connectivity index (χ2v) is 4.22. The molecule has 5 atom stereocenters. The molecule has 0 aromatic heterocycles. The van der Waals surface area contributed by atoms with Gasteiger partial charge in [-0.15, -0.1) is 3.69 Å². The molecular weight excluding hydrogens is 329 g/mol. The van der Waals surface area contributed by atoms with Gasteiger partial charge in [0.2, 0.25) is 11.1 Å². The van der Waals surface area contributed by atoms with E-state index < -0.39 is 41.4 Å². The van der Waals surface area contributed by atoms with Gasteiger partial charge in [0.1, 0.15) is 18.3 Å². The molecule has 0 aromatic rings. The smallest absolute Gasteiger partial charge is 0.206 e. The van der Waals surface area contributed by atoms with Crippen molar-refractivity contribution in [2.45, 2.75) is 23.7 Å². The zero-order chi connectivity index (χ0) is 10.7. The van der Waals surface area contributed by atoms with Gasteiger partial charge in [0.15, 0.2) is 5.44 Å². The Bertz CT molecular complexity index is 218. The number of ether oxygens (including phenoxy) is 1. The summed E-state index contributed by atoms with van der Waals surface area (Å²) in [5, 5.41) is 27.4. The van der Waals surface area contributed by atoms with Crippen molar-refractivity contribution >= 4 is 33.9 Å². The van der Waals surface area contributed by atoms with E-state index in [-0.39, 0.29) is 0 Å². The van der Waals surface area contributed by atoms with Crippen LogP contribution >= 0.6 is 22.9 Å². The molecule has 1 saturated heterocycles. The third-order valence-corrected chi connectivity index (χ3v) is 3.34. The summed E-state index contributed by atoms with van der Waals surface area (Å²) in [4.78, 5) is 0. The topological polar surface area (TPSA) is 108 Å². The van der Waals surface area contributed by atoms with Crippen LogP contribution in [0.2, 0.25) is 0 Å². The van der Waals surface area contributed by atoms with E-state index in [1.54, 1.807) is 22.9 Å². The molecule has 0 bridgehead atoms. The summed E-state index contributed by atoms with van der Waals surface area (Å²) in [6, 6.07) is 0. The zero-order valence-corrected chi connectivity index (χ0v) is 9.84. The predicted molar refractivity (Wildman–Crippen MR) is 54.1 cm³/mol. The molecule has 3 unspecified atom stereocenters. The van der Waals surface area contributed by atoms with Gasteiger partial charge in [-0.3, -0.25) is 0 Å². The number of nitrogens with one attached hydrogen (secondary N) is 1. The molecule has 0 saturated carbocycles. The number of halogens is 1. The second-order valence-electron chi connectivity index (χ2n) is 2.63. The highest BCUT2D eigenvalue weighted by atomic mass is 127. The van der Waals surface area contributed by atoms with Crippen molar-refractivity contribution < 1.29 is 28.5 Å². The molecule has 7 nitrogen and oxygen atoms in total. The average Bonchev–Trinajstić information content (AvgIpc) is 2.44. The van der Waals surface area contributed by atoms with Gasteiger partial charge in [0.25, 0.3) is 0 Å². The monoisotopic (exact) mass is 339 g/mol. The molecule has 4 N–H and O–H groups in total. The van der Waals surface area contributed by atoms with Gasteiger partial charge in [-0.1, -0.05) is 0 Å². The molecule has 1 rings (SSSR count). The maximum absolute atomic E-state index is 11.2. The number of rotatable bonds is 4. The first-order valence-corrected chi connectivity index (χ1v) is 5.89. The van der Waals surface area contributed by atoms with E-state index in [0.29, 0.717) is 0 Å². The van der Waals surface area contributed by atoms with Crippen LogP contribution < -0.4 is 3.69 Å². The van der Waals surface area contributed by atoms with E-state index in [4.69, 9.17) is 9.84 Å². The number of hydrogen-bond donors (Lipinski definition) is 4. The molecule has 0 aliphatic carbocycles. The lowest BCUT2D eigenvalue weighted by Gasteiger charge is -2.11. The highest BCUT2D eigenvalue weighted by molar-refractivity contribution is 14.1. The minimum atomic E-state index is -1.93. The predicted octanol–water partition coefficient (Wildman–Crippen LogP) is -2.04. The molecule has 1 fully saturated rings. The quantitative estimate of drug-likeness (QED) is 0.266. The third kappa shape index (κ3) is 2.61. The van der Waals surface area contributed by atoms with E-state index in [0.717, 1.165) is 0 Å². The molecule has 0 spiro atoms. The Labute approximate surface area is 96.5 Å². The van der Waals surface area contributed by atoms with E-state index in [2.05, 4.69) is 7.98 Å². The van der Waals surface area contributed by atoms with Crippen molar-refractivity contribution in [2.75, 3.05) is 6.61 Å². The van der Waals surface area contributed by atoms with Crippen LogP contribution in [0, 0.1) is 0 Å². The minimum Gasteiger partial charge on any atom is -0.394 e. The molecule has 0 radical (unpaired) electrons. The van der Waals surface area contributed by atoms with Gasteiger partial charge in [-0.2, -0.15) is 4.28 Å². The van der Waals surface area contributed by atoms with Gasteiger partial charge in [0, 0.05) is 22.9 Å². The van der Waals surface area contributed by atoms with Crippen LogP contribution in [0.4, 0.5) is 0 Å². The Morgan fingerprint density at radius 1 is 1.50 bits per heavy atom. The lowest BCUT2D eigenvalue weighted by Crippen LogP contribution is -2.35. The normalized spacial score (nSPS) is 40.0. The lowest BCUT2D eigenvalue weighted by molar-refractivity contribution is -0.00920. The molecule has 0 amide bonds. The first-order chi connectivity index (χ1) is 6.61. The van der Waals surface area contributed by atoms with Crippen LogP contribution in [-0.2, 0) is 20.1 Å². The van der Waals surface area contributed by atoms with Crippen LogP contribution in [0.3, 0.4) is 0 Å². The summed E-state index contributed by atoms with van der Waals surface area (Å²) in [6.45, 7) is -0.455. The fourth-order valence-corrected chi connectivity index (χ4v) is 2.41. The van der Waals surface area contributed by atoms with Gasteiger partial charge in [-0.25, -0.2) is 4.21 Å². The summed E-state index contributed by atoms with van der Waals surface area (Å²) in [6.07, 6.45) is -3.53. The summed E-state index contributed by atoms with van der Waals surface area (Å²) in [5.74, 6) is 0. The molecule has 14 heavy (non-hydrogen) atoms. The van der Waals surface area contributed by atoms with Crippen LogP contribution in [0.1, 0.15) is 0 Å². The second kappa shape index (κ2) is 5.65. The standard InChI is InChI=1S/C5H10INO6S/c6-7-13-14(11)5-4(10)3(9)2(1-8)12-5/h2-5,7-10H,1H2/t2-,3+,4?,5?,14?/m1/s1. The van der Waals surface area contributed by atoms with Gasteiger partial charge < -0.3 is 20.1 Å². The van der Waals surface area contributed by atoms with Gasteiger partial charge in [0.05, 0.1) is 6.61 Å². The number of aliphatic hydroxyl groups is 3. The molecule has 84 valence electrons. The van der Waals surface area contributed by atoms with Crippen molar-refractivity contribution in [1.82, 2.24) is 3.69 Å². The third-order valence-electron chi connectivity index (χ3n) is 1.80. The zero-order valence-electron chi connectivity index (χ0n) is 6.87. The minimum absolute atomic E-state index is 0.455. The molecular formula is C5H10INO6S. The molecule has 1 aliphatic rings. The highest BCUT2D eigenvalue weighted by Gasteiger charge is 2.46. The van der Waals surface area contributed by atoms with Crippen molar-refractivity contribution in [1.29, 1.82) is 0 Å². The lowest BCUT2D eigenvalue weighted by atomic mass is 10.2.